The van der Waals surface area contributed by atoms with E-state index in [1.807, 2.05) is 0 Å². The molecule has 0 saturated carbocycles. The number of benzene rings is 1. The van der Waals surface area contributed by atoms with Gasteiger partial charge in [-0.1, -0.05) is 11.6 Å². The van der Waals surface area contributed by atoms with Crippen molar-refractivity contribution in [2.75, 3.05) is 0 Å². The van der Waals surface area contributed by atoms with Crippen molar-refractivity contribution in [2.45, 2.75) is 0 Å². The highest BCUT2D eigenvalue weighted by molar-refractivity contribution is 6.30. The van der Waals surface area contributed by atoms with Crippen molar-refractivity contribution in [3.05, 3.63) is 57.6 Å². The van der Waals surface area contributed by atoms with Gasteiger partial charge in [0.25, 0.3) is 0 Å². The predicted molar refractivity (Wildman–Crippen MR) is 62.4 cm³/mol. The molecule has 1 aromatic heterocycles. The van der Waals surface area contributed by atoms with E-state index in [1.165, 1.54) is 30.5 Å². The van der Waals surface area contributed by atoms with Crippen LogP contribution in [0.2, 0.25) is 5.02 Å². The zero-order valence-electron chi connectivity index (χ0n) is 8.84. The second-order valence-electron chi connectivity index (χ2n) is 3.29. The van der Waals surface area contributed by atoms with Gasteiger partial charge in [0, 0.05) is 29.4 Å². The third-order valence-corrected chi connectivity index (χ3v) is 2.28. The Morgan fingerprint density at radius 1 is 1.33 bits per heavy atom. The molecule has 0 aliphatic carbocycles. The lowest BCUT2D eigenvalue weighted by molar-refractivity contribution is -0.385. The van der Waals surface area contributed by atoms with Crippen molar-refractivity contribution in [1.29, 1.82) is 0 Å². The van der Waals surface area contributed by atoms with Crippen LogP contribution in [0.3, 0.4) is 0 Å². The van der Waals surface area contributed by atoms with Crippen molar-refractivity contribution in [2.24, 2.45) is 0 Å². The van der Waals surface area contributed by atoms with Gasteiger partial charge in [0.15, 0.2) is 0 Å². The second-order valence-corrected chi connectivity index (χ2v) is 3.72. The van der Waals surface area contributed by atoms with Gasteiger partial charge in [-0.25, -0.2) is 4.98 Å². The van der Waals surface area contributed by atoms with Crippen LogP contribution in [0.25, 0.3) is 0 Å². The fraction of sp³-hybridized carbons (Fsp3) is 0. The highest BCUT2D eigenvalue weighted by Crippen LogP contribution is 2.33. The number of aromatic nitrogens is 1. The molecule has 0 fully saturated rings. The number of hydrogen-bond acceptors (Lipinski definition) is 4. The van der Waals surface area contributed by atoms with Gasteiger partial charge in [-0.3, -0.25) is 10.1 Å². The summed E-state index contributed by atoms with van der Waals surface area (Å²) in [5.41, 5.74) is -0.253. The van der Waals surface area contributed by atoms with E-state index in [2.05, 4.69) is 4.98 Å². The molecule has 0 atom stereocenters. The standard InChI is InChI=1S/C11H6ClFN2O3/c12-7-1-2-9(15(16)17)10(5-7)18-8-3-4-14-11(13)6-8/h1-6H. The van der Waals surface area contributed by atoms with E-state index in [4.69, 9.17) is 16.3 Å². The summed E-state index contributed by atoms with van der Waals surface area (Å²) in [5.74, 6) is -0.692. The molecule has 92 valence electrons. The maximum absolute atomic E-state index is 12.9. The lowest BCUT2D eigenvalue weighted by atomic mass is 10.3. The van der Waals surface area contributed by atoms with Crippen LogP contribution in [-0.4, -0.2) is 9.91 Å². The molecule has 0 aliphatic heterocycles. The molecular formula is C11H6ClFN2O3. The van der Waals surface area contributed by atoms with Crippen LogP contribution in [0.5, 0.6) is 11.5 Å². The average molecular weight is 269 g/mol. The number of nitro benzene ring substituents is 1. The topological polar surface area (TPSA) is 65.3 Å². The minimum atomic E-state index is -0.739. The summed E-state index contributed by atoms with van der Waals surface area (Å²) >= 11 is 5.73. The monoisotopic (exact) mass is 268 g/mol. The lowest BCUT2D eigenvalue weighted by Crippen LogP contribution is -1.94. The Bertz CT molecular complexity index is 607. The Balaban J connectivity index is 2.39. The van der Waals surface area contributed by atoms with E-state index >= 15 is 0 Å². The summed E-state index contributed by atoms with van der Waals surface area (Å²) in [7, 11) is 0. The minimum absolute atomic E-state index is 0.0573. The molecule has 1 aromatic carbocycles. The van der Waals surface area contributed by atoms with E-state index in [9.17, 15) is 14.5 Å². The lowest BCUT2D eigenvalue weighted by Gasteiger charge is -2.06. The van der Waals surface area contributed by atoms with Crippen LogP contribution in [0.15, 0.2) is 36.5 Å². The summed E-state index contributed by atoms with van der Waals surface area (Å²) < 4.78 is 18.1. The molecule has 2 aromatic rings. The van der Waals surface area contributed by atoms with Crippen LogP contribution in [0.1, 0.15) is 0 Å². The van der Waals surface area contributed by atoms with Crippen molar-refractivity contribution < 1.29 is 14.1 Å². The van der Waals surface area contributed by atoms with Gasteiger partial charge in [-0.2, -0.15) is 4.39 Å². The molecule has 0 spiro atoms. The van der Waals surface area contributed by atoms with E-state index in [0.29, 0.717) is 0 Å². The number of nitro groups is 1. The summed E-state index contributed by atoms with van der Waals surface area (Å²) in [6, 6.07) is 6.28. The second kappa shape index (κ2) is 4.97. The molecular weight excluding hydrogens is 263 g/mol. The number of rotatable bonds is 3. The van der Waals surface area contributed by atoms with E-state index in [0.717, 1.165) is 6.07 Å². The molecule has 7 heteroatoms. The van der Waals surface area contributed by atoms with Gasteiger partial charge >= 0.3 is 5.69 Å². The Morgan fingerprint density at radius 3 is 2.78 bits per heavy atom. The van der Waals surface area contributed by atoms with Crippen molar-refractivity contribution in [1.82, 2.24) is 4.98 Å². The molecule has 1 heterocycles. The quantitative estimate of drug-likeness (QED) is 0.485. The van der Waals surface area contributed by atoms with Gasteiger partial charge in [0.2, 0.25) is 11.7 Å². The maximum atomic E-state index is 12.9. The van der Waals surface area contributed by atoms with Gasteiger partial charge in [0.05, 0.1) is 4.92 Å². The van der Waals surface area contributed by atoms with Crippen molar-refractivity contribution >= 4 is 17.3 Å². The molecule has 0 aliphatic rings. The number of ether oxygens (including phenoxy) is 1. The molecule has 0 N–H and O–H groups in total. The largest absolute Gasteiger partial charge is 0.450 e. The van der Waals surface area contributed by atoms with Gasteiger partial charge < -0.3 is 4.74 Å². The van der Waals surface area contributed by atoms with Crippen LogP contribution in [0, 0.1) is 16.1 Å². The van der Waals surface area contributed by atoms with Gasteiger partial charge in [-0.15, -0.1) is 0 Å². The van der Waals surface area contributed by atoms with Gasteiger partial charge in [-0.05, 0) is 12.1 Å². The first kappa shape index (κ1) is 12.3. The summed E-state index contributed by atoms with van der Waals surface area (Å²) in [6.45, 7) is 0. The first-order valence-electron chi connectivity index (χ1n) is 4.79. The highest BCUT2D eigenvalue weighted by atomic mass is 35.5. The highest BCUT2D eigenvalue weighted by Gasteiger charge is 2.16. The Kier molecular flexibility index (Phi) is 3.38. The van der Waals surface area contributed by atoms with Crippen LogP contribution < -0.4 is 4.74 Å². The maximum Gasteiger partial charge on any atom is 0.311 e. The fourth-order valence-corrected chi connectivity index (χ4v) is 1.46. The fourth-order valence-electron chi connectivity index (χ4n) is 1.30. The van der Waals surface area contributed by atoms with E-state index in [-0.39, 0.29) is 22.2 Å². The normalized spacial score (nSPS) is 10.1. The number of nitrogens with zero attached hydrogens (tertiary/aromatic N) is 2. The van der Waals surface area contributed by atoms with E-state index < -0.39 is 10.9 Å². The molecule has 0 amide bonds. The molecule has 5 nitrogen and oxygen atoms in total. The number of hydrogen-bond donors (Lipinski definition) is 0. The number of pyridine rings is 1. The average Bonchev–Trinajstić information content (AvgIpc) is 2.28. The number of halogens is 2. The molecule has 0 bridgehead atoms. The Hall–Kier alpha value is -2.21. The molecule has 2 rings (SSSR count). The van der Waals surface area contributed by atoms with Crippen LogP contribution >= 0.6 is 11.6 Å². The molecule has 0 radical (unpaired) electrons. The third kappa shape index (κ3) is 2.72. The molecule has 18 heavy (non-hydrogen) atoms. The van der Waals surface area contributed by atoms with Crippen LogP contribution in [-0.2, 0) is 0 Å². The Labute approximate surface area is 106 Å². The molecule has 0 unspecified atom stereocenters. The zero-order valence-corrected chi connectivity index (χ0v) is 9.60. The van der Waals surface area contributed by atoms with Gasteiger partial charge in [0.1, 0.15) is 5.75 Å². The third-order valence-electron chi connectivity index (χ3n) is 2.04. The summed E-state index contributed by atoms with van der Waals surface area (Å²) in [6.07, 6.45) is 1.20. The Morgan fingerprint density at radius 2 is 2.11 bits per heavy atom. The summed E-state index contributed by atoms with van der Waals surface area (Å²) in [5, 5.41) is 11.1. The minimum Gasteiger partial charge on any atom is -0.450 e. The van der Waals surface area contributed by atoms with Crippen molar-refractivity contribution in [3.8, 4) is 11.5 Å². The van der Waals surface area contributed by atoms with Crippen LogP contribution in [0.4, 0.5) is 10.1 Å². The first-order valence-corrected chi connectivity index (χ1v) is 5.17. The predicted octanol–water partition coefficient (Wildman–Crippen LogP) is 3.57. The van der Waals surface area contributed by atoms with E-state index in [1.54, 1.807) is 0 Å². The van der Waals surface area contributed by atoms with Crippen molar-refractivity contribution in [3.63, 3.8) is 0 Å². The zero-order chi connectivity index (χ0) is 13.1. The first-order chi connectivity index (χ1) is 8.56. The molecule has 0 saturated heterocycles. The summed E-state index contributed by atoms with van der Waals surface area (Å²) in [4.78, 5) is 13.5. The smallest absolute Gasteiger partial charge is 0.311 e. The SMILES string of the molecule is O=[N+]([O-])c1ccc(Cl)cc1Oc1ccnc(F)c1.